The van der Waals surface area contributed by atoms with Crippen LogP contribution in [0.1, 0.15) is 30.9 Å². The molecule has 0 heterocycles. The van der Waals surface area contributed by atoms with E-state index in [4.69, 9.17) is 23.2 Å². The van der Waals surface area contributed by atoms with Crippen LogP contribution in [0.15, 0.2) is 42.5 Å². The summed E-state index contributed by atoms with van der Waals surface area (Å²) in [6.45, 7) is 1.20. The van der Waals surface area contributed by atoms with Gasteiger partial charge in [-0.05, 0) is 43.7 Å². The fourth-order valence-corrected chi connectivity index (χ4v) is 4.96. The number of nitrogens with zero attached hydrogens (tertiary/aromatic N) is 2. The molecule has 0 radical (unpaired) electrons. The van der Waals surface area contributed by atoms with Gasteiger partial charge in [0.25, 0.3) is 0 Å². The second-order valence-electron chi connectivity index (χ2n) is 8.00. The third kappa shape index (κ3) is 7.75. The largest absolute Gasteiger partial charge is 0.416 e. The van der Waals surface area contributed by atoms with Gasteiger partial charge < -0.3 is 10.2 Å². The van der Waals surface area contributed by atoms with E-state index in [1.54, 1.807) is 18.2 Å². The van der Waals surface area contributed by atoms with Crippen LogP contribution in [0.4, 0.5) is 18.9 Å². The minimum Gasteiger partial charge on any atom is -0.357 e. The molecule has 0 saturated heterocycles. The molecule has 0 unspecified atom stereocenters. The number of carbonyl (C=O) groups is 2. The zero-order valence-electron chi connectivity index (χ0n) is 19.8. The second kappa shape index (κ2) is 12.2. The standard InChI is InChI=1S/C23H26Cl2F3N3O4S/c1-15(22(33)29-2)30(14-18-19(24)9-5-10-20(18)25)21(32)11-6-12-31(36(3,34)35)17-8-4-7-16(13-17)23(26,27)28/h4-5,7-10,13,15H,6,11-12,14H2,1-3H3,(H,29,33)/t15-/m0/s1. The number of alkyl halides is 3. The molecule has 0 saturated carbocycles. The van der Waals surface area contributed by atoms with Gasteiger partial charge in [0.1, 0.15) is 6.04 Å². The van der Waals surface area contributed by atoms with E-state index in [1.807, 2.05) is 0 Å². The Labute approximate surface area is 218 Å². The van der Waals surface area contributed by atoms with Crippen molar-refractivity contribution in [2.45, 2.75) is 38.5 Å². The smallest absolute Gasteiger partial charge is 0.357 e. The highest BCUT2D eigenvalue weighted by atomic mass is 35.5. The molecule has 0 aliphatic carbocycles. The third-order valence-electron chi connectivity index (χ3n) is 5.42. The van der Waals surface area contributed by atoms with Crippen LogP contribution in [0, 0.1) is 0 Å². The fourth-order valence-electron chi connectivity index (χ4n) is 3.49. The molecule has 0 aliphatic rings. The lowest BCUT2D eigenvalue weighted by Gasteiger charge is -2.29. The number of carbonyl (C=O) groups excluding carboxylic acids is 2. The SMILES string of the molecule is CNC(=O)[C@H](C)N(Cc1c(Cl)cccc1Cl)C(=O)CCCN(c1cccc(C(F)(F)F)c1)S(C)(=O)=O. The average molecular weight is 568 g/mol. The molecule has 1 atom stereocenters. The number of likely N-dealkylation sites (N-methyl/N-ethyl adjacent to an activating group) is 1. The van der Waals surface area contributed by atoms with E-state index in [0.717, 1.165) is 28.8 Å². The Bertz CT molecular complexity index is 1190. The molecule has 0 aliphatic heterocycles. The van der Waals surface area contributed by atoms with Crippen molar-refractivity contribution in [1.29, 1.82) is 0 Å². The van der Waals surface area contributed by atoms with Gasteiger partial charge in [0.05, 0.1) is 17.5 Å². The van der Waals surface area contributed by atoms with Gasteiger partial charge in [-0.3, -0.25) is 13.9 Å². The maximum Gasteiger partial charge on any atom is 0.416 e. The highest BCUT2D eigenvalue weighted by Gasteiger charge is 2.32. The molecule has 0 bridgehead atoms. The van der Waals surface area contributed by atoms with E-state index >= 15 is 0 Å². The van der Waals surface area contributed by atoms with Crippen LogP contribution in [0.25, 0.3) is 0 Å². The summed E-state index contributed by atoms with van der Waals surface area (Å²) >= 11 is 12.5. The Balaban J connectivity index is 2.24. The molecule has 0 spiro atoms. The van der Waals surface area contributed by atoms with Crippen LogP contribution in [-0.2, 0) is 32.3 Å². The van der Waals surface area contributed by atoms with E-state index in [-0.39, 0.29) is 31.6 Å². The van der Waals surface area contributed by atoms with E-state index in [1.165, 1.54) is 24.9 Å². The van der Waals surface area contributed by atoms with Gasteiger partial charge in [-0.15, -0.1) is 0 Å². The van der Waals surface area contributed by atoms with Gasteiger partial charge in [-0.2, -0.15) is 13.2 Å². The number of sulfonamides is 1. The molecular weight excluding hydrogens is 542 g/mol. The monoisotopic (exact) mass is 567 g/mol. The molecule has 2 rings (SSSR count). The van der Waals surface area contributed by atoms with Gasteiger partial charge in [0, 0.05) is 42.2 Å². The van der Waals surface area contributed by atoms with Gasteiger partial charge in [0.2, 0.25) is 21.8 Å². The Hall–Kier alpha value is -2.50. The van der Waals surface area contributed by atoms with Crippen LogP contribution in [0.5, 0.6) is 0 Å². The lowest BCUT2D eigenvalue weighted by molar-refractivity contribution is -0.140. The molecule has 2 aromatic carbocycles. The van der Waals surface area contributed by atoms with Gasteiger partial charge >= 0.3 is 6.18 Å². The van der Waals surface area contributed by atoms with Crippen molar-refractivity contribution in [2.75, 3.05) is 24.2 Å². The maximum absolute atomic E-state index is 13.1. The summed E-state index contributed by atoms with van der Waals surface area (Å²) in [5.41, 5.74) is -0.725. The molecule has 36 heavy (non-hydrogen) atoms. The highest BCUT2D eigenvalue weighted by molar-refractivity contribution is 7.92. The number of anilines is 1. The van der Waals surface area contributed by atoms with Crippen LogP contribution in [0.2, 0.25) is 10.0 Å². The number of amides is 2. The Kier molecular flexibility index (Phi) is 10.0. The van der Waals surface area contributed by atoms with Crippen molar-refractivity contribution in [3.8, 4) is 0 Å². The zero-order chi connectivity index (χ0) is 27.3. The predicted molar refractivity (Wildman–Crippen MR) is 133 cm³/mol. The van der Waals surface area contributed by atoms with E-state index < -0.39 is 39.6 Å². The lowest BCUT2D eigenvalue weighted by Crippen LogP contribution is -2.47. The number of nitrogens with one attached hydrogen (secondary N) is 1. The maximum atomic E-state index is 13.1. The molecule has 2 aromatic rings. The Morgan fingerprint density at radius 2 is 1.67 bits per heavy atom. The Morgan fingerprint density at radius 1 is 1.08 bits per heavy atom. The number of benzene rings is 2. The fraction of sp³-hybridized carbons (Fsp3) is 0.391. The number of hydrogen-bond donors (Lipinski definition) is 1. The first kappa shape index (κ1) is 29.7. The highest BCUT2D eigenvalue weighted by Crippen LogP contribution is 2.32. The van der Waals surface area contributed by atoms with Gasteiger partial charge in [-0.1, -0.05) is 35.3 Å². The van der Waals surface area contributed by atoms with Crippen molar-refractivity contribution < 1.29 is 31.2 Å². The summed E-state index contributed by atoms with van der Waals surface area (Å²) in [6, 6.07) is 7.86. The molecule has 198 valence electrons. The van der Waals surface area contributed by atoms with Crippen molar-refractivity contribution >= 4 is 50.7 Å². The molecule has 1 N–H and O–H groups in total. The van der Waals surface area contributed by atoms with E-state index in [0.29, 0.717) is 15.6 Å². The van der Waals surface area contributed by atoms with E-state index in [9.17, 15) is 31.2 Å². The van der Waals surface area contributed by atoms with Gasteiger partial charge in [-0.25, -0.2) is 8.42 Å². The summed E-state index contributed by atoms with van der Waals surface area (Å²) in [6.07, 6.45) is -3.98. The molecule has 13 heteroatoms. The first-order chi connectivity index (χ1) is 16.7. The number of rotatable bonds is 10. The zero-order valence-corrected chi connectivity index (χ0v) is 22.1. The van der Waals surface area contributed by atoms with Crippen LogP contribution >= 0.6 is 23.2 Å². The number of hydrogen-bond acceptors (Lipinski definition) is 4. The first-order valence-electron chi connectivity index (χ1n) is 10.8. The normalized spacial score (nSPS) is 12.7. The van der Waals surface area contributed by atoms with Crippen molar-refractivity contribution in [3.63, 3.8) is 0 Å². The molecule has 0 aromatic heterocycles. The summed E-state index contributed by atoms with van der Waals surface area (Å²) < 4.78 is 64.8. The quantitative estimate of drug-likeness (QED) is 0.450. The van der Waals surface area contributed by atoms with Crippen LogP contribution in [-0.4, -0.2) is 51.0 Å². The molecule has 7 nitrogen and oxygen atoms in total. The molecular formula is C23H26Cl2F3N3O4S. The summed E-state index contributed by atoms with van der Waals surface area (Å²) in [7, 11) is -2.53. The Morgan fingerprint density at radius 3 is 2.19 bits per heavy atom. The van der Waals surface area contributed by atoms with Crippen LogP contribution in [0.3, 0.4) is 0 Å². The first-order valence-corrected chi connectivity index (χ1v) is 13.4. The second-order valence-corrected chi connectivity index (χ2v) is 10.7. The summed E-state index contributed by atoms with van der Waals surface area (Å²) in [4.78, 5) is 26.7. The van der Waals surface area contributed by atoms with Crippen molar-refractivity contribution in [3.05, 3.63) is 63.6 Å². The number of halogens is 5. The van der Waals surface area contributed by atoms with E-state index in [2.05, 4.69) is 5.32 Å². The average Bonchev–Trinajstić information content (AvgIpc) is 2.79. The minimum absolute atomic E-state index is 0.0185. The molecule has 2 amide bonds. The minimum atomic E-state index is -4.65. The lowest BCUT2D eigenvalue weighted by atomic mass is 10.1. The van der Waals surface area contributed by atoms with Gasteiger partial charge in [0.15, 0.2) is 0 Å². The predicted octanol–water partition coefficient (Wildman–Crippen LogP) is 4.72. The molecule has 0 fully saturated rings. The summed E-state index contributed by atoms with van der Waals surface area (Å²) in [5.74, 6) is -0.923. The topological polar surface area (TPSA) is 86.8 Å². The van der Waals surface area contributed by atoms with Crippen molar-refractivity contribution in [2.24, 2.45) is 0 Å². The van der Waals surface area contributed by atoms with Crippen molar-refractivity contribution in [1.82, 2.24) is 10.2 Å². The van der Waals surface area contributed by atoms with Crippen LogP contribution < -0.4 is 9.62 Å². The summed E-state index contributed by atoms with van der Waals surface area (Å²) in [5, 5.41) is 3.08. The third-order valence-corrected chi connectivity index (χ3v) is 7.32.